The number of carbonyl (C=O) groups excluding carboxylic acids is 3. The average molecular weight is 569 g/mol. The van der Waals surface area contributed by atoms with Gasteiger partial charge in [-0.1, -0.05) is 0 Å². The minimum Gasteiger partial charge on any atom is -0.464 e. The lowest BCUT2D eigenvalue weighted by atomic mass is 9.48. The van der Waals surface area contributed by atoms with E-state index in [1.54, 1.807) is 0 Å². The lowest BCUT2D eigenvalue weighted by Crippen LogP contribution is -2.59. The molecule has 2 N–H and O–H groups in total. The summed E-state index contributed by atoms with van der Waals surface area (Å²) in [6, 6.07) is 0. The van der Waals surface area contributed by atoms with Gasteiger partial charge in [0.1, 0.15) is 18.6 Å². The van der Waals surface area contributed by atoms with Crippen LogP contribution in [0.1, 0.15) is 90.9 Å². The van der Waals surface area contributed by atoms with Gasteiger partial charge in [0.05, 0.1) is 22.0 Å². The minimum atomic E-state index is -3.26. The fourth-order valence-electron chi connectivity index (χ4n) is 10.2. The highest BCUT2D eigenvalue weighted by molar-refractivity contribution is 5.81. The summed E-state index contributed by atoms with van der Waals surface area (Å²) in [4.78, 5) is 40.1. The van der Waals surface area contributed by atoms with Crippen molar-refractivity contribution < 1.29 is 47.6 Å². The quantitative estimate of drug-likeness (QED) is 0.317. The fraction of sp³-hybridized carbons (Fsp3) is 0.900. The zero-order chi connectivity index (χ0) is 28.8. The Morgan fingerprint density at radius 1 is 0.675 bits per heavy atom. The highest BCUT2D eigenvalue weighted by Crippen LogP contribution is 2.63. The Bertz CT molecular complexity index is 988. The van der Waals surface area contributed by atoms with Crippen LogP contribution in [0.25, 0.3) is 0 Å². The van der Waals surface area contributed by atoms with Crippen LogP contribution in [0.15, 0.2) is 0 Å². The van der Waals surface area contributed by atoms with E-state index in [9.17, 15) is 33.4 Å². The highest BCUT2D eigenvalue weighted by atomic mass is 19.3. The maximum atomic E-state index is 13.5. The number of halogens is 2. The molecule has 8 rings (SSSR count). The molecular formula is C30H42F2O8. The first kappa shape index (κ1) is 28.3. The topological polar surface area (TPSA) is 119 Å². The van der Waals surface area contributed by atoms with Crippen LogP contribution in [0.2, 0.25) is 0 Å². The molecule has 8 nitrogen and oxygen atoms in total. The zero-order valence-electron chi connectivity index (χ0n) is 23.5. The number of hydrogen-bond donors (Lipinski definition) is 2. The fourth-order valence-corrected chi connectivity index (χ4v) is 10.2. The van der Waals surface area contributed by atoms with Gasteiger partial charge in [-0.25, -0.2) is 8.78 Å². The Balaban J connectivity index is 1.15. The number of carbonyl (C=O) groups is 3. The molecule has 0 aromatic rings. The van der Waals surface area contributed by atoms with Crippen molar-refractivity contribution in [3.05, 3.63) is 0 Å². The van der Waals surface area contributed by atoms with E-state index in [4.69, 9.17) is 14.2 Å². The van der Waals surface area contributed by atoms with E-state index in [0.29, 0.717) is 71.1 Å². The standard InChI is InChI=1S/C30H42F2O8/c1-25(22(33)40-17-26(2,31)32,15-38-23(34)27-5-18-3-19(6-27)10-29(36,9-18)13-27)16-39-24(35)28-7-20-4-21(8-28)12-30(37,11-20)14-28/h18-21,36-37H,3-17H2,1-2H3. The number of ether oxygens (including phenoxy) is 3. The van der Waals surface area contributed by atoms with Gasteiger partial charge < -0.3 is 24.4 Å². The van der Waals surface area contributed by atoms with Gasteiger partial charge in [0, 0.05) is 6.92 Å². The molecule has 224 valence electrons. The van der Waals surface area contributed by atoms with Crippen molar-refractivity contribution in [3.63, 3.8) is 0 Å². The van der Waals surface area contributed by atoms with Crippen LogP contribution in [0, 0.1) is 39.9 Å². The van der Waals surface area contributed by atoms with E-state index < -0.39 is 71.1 Å². The van der Waals surface area contributed by atoms with Crippen LogP contribution in [-0.4, -0.2) is 65.1 Å². The predicted molar refractivity (Wildman–Crippen MR) is 136 cm³/mol. The Morgan fingerprint density at radius 3 is 1.38 bits per heavy atom. The van der Waals surface area contributed by atoms with Crippen LogP contribution >= 0.6 is 0 Å². The second kappa shape index (κ2) is 9.09. The van der Waals surface area contributed by atoms with Crippen LogP contribution in [-0.2, 0) is 28.6 Å². The lowest BCUT2D eigenvalue weighted by molar-refractivity contribution is -0.206. The third-order valence-corrected chi connectivity index (χ3v) is 10.9. The third kappa shape index (κ3) is 5.05. The summed E-state index contributed by atoms with van der Waals surface area (Å²) < 4.78 is 43.4. The molecule has 4 unspecified atom stereocenters. The van der Waals surface area contributed by atoms with Crippen molar-refractivity contribution in [2.75, 3.05) is 19.8 Å². The number of esters is 3. The Morgan fingerprint density at radius 2 is 1.05 bits per heavy atom. The Kier molecular flexibility index (Phi) is 6.44. The van der Waals surface area contributed by atoms with Crippen LogP contribution in [0.3, 0.4) is 0 Å². The van der Waals surface area contributed by atoms with Crippen molar-refractivity contribution >= 4 is 17.9 Å². The second-order valence-electron chi connectivity index (χ2n) is 15.3. The molecule has 8 bridgehead atoms. The van der Waals surface area contributed by atoms with E-state index >= 15 is 0 Å². The smallest absolute Gasteiger partial charge is 0.319 e. The van der Waals surface area contributed by atoms with Gasteiger partial charge >= 0.3 is 17.9 Å². The van der Waals surface area contributed by atoms with Gasteiger partial charge in [-0.2, -0.15) is 0 Å². The van der Waals surface area contributed by atoms with E-state index in [-0.39, 0.29) is 23.7 Å². The van der Waals surface area contributed by atoms with E-state index in [0.717, 1.165) is 12.8 Å². The summed E-state index contributed by atoms with van der Waals surface area (Å²) in [5.41, 5.74) is -5.11. The van der Waals surface area contributed by atoms with E-state index in [2.05, 4.69) is 0 Å². The summed E-state index contributed by atoms with van der Waals surface area (Å²) >= 11 is 0. The molecule has 0 aliphatic heterocycles. The summed E-state index contributed by atoms with van der Waals surface area (Å²) in [6.45, 7) is -0.114. The van der Waals surface area contributed by atoms with E-state index in [1.165, 1.54) is 6.92 Å². The van der Waals surface area contributed by atoms with Gasteiger partial charge in [-0.15, -0.1) is 0 Å². The molecule has 0 amide bonds. The molecule has 0 radical (unpaired) electrons. The number of alkyl halides is 2. The molecule has 8 fully saturated rings. The maximum Gasteiger partial charge on any atom is 0.319 e. The van der Waals surface area contributed by atoms with E-state index in [1.807, 2.05) is 0 Å². The molecule has 8 aliphatic carbocycles. The van der Waals surface area contributed by atoms with Crippen LogP contribution in [0.4, 0.5) is 8.78 Å². The molecule has 8 aliphatic rings. The van der Waals surface area contributed by atoms with Crippen molar-refractivity contribution in [1.82, 2.24) is 0 Å². The molecule has 0 aromatic heterocycles. The van der Waals surface area contributed by atoms with Crippen LogP contribution in [0.5, 0.6) is 0 Å². The molecule has 40 heavy (non-hydrogen) atoms. The Hall–Kier alpha value is -1.81. The van der Waals surface area contributed by atoms with Crippen LogP contribution < -0.4 is 0 Å². The summed E-state index contributed by atoms with van der Waals surface area (Å²) in [6.07, 6.45) is 7.83. The normalized spacial score (nSPS) is 44.2. The molecule has 0 spiro atoms. The first-order valence-corrected chi connectivity index (χ1v) is 14.9. The molecule has 8 saturated carbocycles. The second-order valence-corrected chi connectivity index (χ2v) is 15.3. The average Bonchev–Trinajstić information content (AvgIpc) is 2.80. The summed E-state index contributed by atoms with van der Waals surface area (Å²) in [7, 11) is 0. The summed E-state index contributed by atoms with van der Waals surface area (Å²) in [5.74, 6) is -4.31. The SMILES string of the molecule is CC(F)(F)COC(=O)C(C)(COC(=O)C12CC3CC(CC(O)(C3)C1)C2)COC(=O)C12CC3CC(CC(O)(C3)C1)C2. The van der Waals surface area contributed by atoms with Gasteiger partial charge in [0.25, 0.3) is 5.92 Å². The molecule has 0 aromatic carbocycles. The lowest BCUT2D eigenvalue weighted by Gasteiger charge is -2.58. The first-order chi connectivity index (χ1) is 18.5. The zero-order valence-corrected chi connectivity index (χ0v) is 23.5. The number of hydrogen-bond acceptors (Lipinski definition) is 8. The largest absolute Gasteiger partial charge is 0.464 e. The van der Waals surface area contributed by atoms with Gasteiger partial charge in [0.15, 0.2) is 6.61 Å². The predicted octanol–water partition coefficient (Wildman–Crippen LogP) is 3.94. The van der Waals surface area contributed by atoms with Crippen molar-refractivity contribution in [2.45, 2.75) is 108 Å². The monoisotopic (exact) mass is 568 g/mol. The Labute approximate surface area is 233 Å². The molecule has 10 heteroatoms. The van der Waals surface area contributed by atoms with Crippen molar-refractivity contribution in [1.29, 1.82) is 0 Å². The highest BCUT2D eigenvalue weighted by Gasteiger charge is 2.62. The maximum absolute atomic E-state index is 13.5. The first-order valence-electron chi connectivity index (χ1n) is 14.9. The molecule has 0 heterocycles. The van der Waals surface area contributed by atoms with Gasteiger partial charge in [-0.3, -0.25) is 14.4 Å². The van der Waals surface area contributed by atoms with Gasteiger partial charge in [-0.05, 0) is 108 Å². The molecular weight excluding hydrogens is 526 g/mol. The summed E-state index contributed by atoms with van der Waals surface area (Å²) in [5, 5.41) is 22.1. The van der Waals surface area contributed by atoms with Crippen molar-refractivity contribution in [3.8, 4) is 0 Å². The minimum absolute atomic E-state index is 0.248. The number of aliphatic hydroxyl groups is 2. The molecule has 0 saturated heterocycles. The third-order valence-electron chi connectivity index (χ3n) is 10.9. The van der Waals surface area contributed by atoms with Crippen molar-refractivity contribution in [2.24, 2.45) is 39.9 Å². The van der Waals surface area contributed by atoms with Gasteiger partial charge in [0.2, 0.25) is 0 Å². The number of rotatable bonds is 9. The molecule has 4 atom stereocenters.